The number of thioether (sulfide) groups is 1. The van der Waals surface area contributed by atoms with E-state index < -0.39 is 0 Å². The van der Waals surface area contributed by atoms with Crippen molar-refractivity contribution in [1.82, 2.24) is 9.97 Å². The molecule has 0 aliphatic carbocycles. The van der Waals surface area contributed by atoms with Gasteiger partial charge < -0.3 is 14.2 Å². The molecule has 0 aromatic carbocycles. The largest absolute Gasteiger partial charge is 0.481 e. The van der Waals surface area contributed by atoms with Gasteiger partial charge in [0.2, 0.25) is 11.8 Å². The molecule has 7 heteroatoms. The smallest absolute Gasteiger partial charge is 0.316 e. The van der Waals surface area contributed by atoms with Crippen LogP contribution in [0, 0.1) is 0 Å². The van der Waals surface area contributed by atoms with Crippen molar-refractivity contribution >= 4 is 17.7 Å². The lowest BCUT2D eigenvalue weighted by atomic mass is 10.6. The topological polar surface area (TPSA) is 70.5 Å². The Morgan fingerprint density at radius 3 is 2.25 bits per heavy atom. The summed E-state index contributed by atoms with van der Waals surface area (Å²) in [7, 11) is 4.32. The van der Waals surface area contributed by atoms with Crippen LogP contribution in [0.15, 0.2) is 11.2 Å². The van der Waals surface area contributed by atoms with Crippen LogP contribution in [0.5, 0.6) is 11.8 Å². The summed E-state index contributed by atoms with van der Waals surface area (Å²) in [4.78, 5) is 19.0. The van der Waals surface area contributed by atoms with Crippen LogP contribution in [-0.2, 0) is 9.53 Å². The molecule has 0 N–H and O–H groups in total. The number of ether oxygens (including phenoxy) is 3. The number of hydrogen-bond donors (Lipinski definition) is 0. The Balaban J connectivity index is 2.74. The van der Waals surface area contributed by atoms with Gasteiger partial charge in [-0.25, -0.2) is 0 Å². The molecule has 0 aliphatic rings. The van der Waals surface area contributed by atoms with Gasteiger partial charge in [0, 0.05) is 0 Å². The summed E-state index contributed by atoms with van der Waals surface area (Å²) in [6, 6.07) is 1.56. The number of hydrogen-bond acceptors (Lipinski definition) is 7. The van der Waals surface area contributed by atoms with Gasteiger partial charge in [0.1, 0.15) is 0 Å². The molecule has 0 radical (unpaired) electrons. The second-order valence-corrected chi connectivity index (χ2v) is 3.54. The fourth-order valence-electron chi connectivity index (χ4n) is 0.840. The molecule has 0 atom stereocenters. The molecule has 0 amide bonds. The molecule has 0 bridgehead atoms. The third-order valence-electron chi connectivity index (χ3n) is 1.62. The highest BCUT2D eigenvalue weighted by molar-refractivity contribution is 7.99. The van der Waals surface area contributed by atoms with Crippen molar-refractivity contribution in [2.24, 2.45) is 0 Å². The minimum absolute atomic E-state index is 0.146. The fraction of sp³-hybridized carbons (Fsp3) is 0.444. The first-order valence-corrected chi connectivity index (χ1v) is 5.34. The molecule has 1 aromatic heterocycles. The lowest BCUT2D eigenvalue weighted by molar-refractivity contribution is -0.137. The third-order valence-corrected chi connectivity index (χ3v) is 2.44. The number of carbonyl (C=O) groups is 1. The maximum Gasteiger partial charge on any atom is 0.316 e. The highest BCUT2D eigenvalue weighted by atomic mass is 32.2. The molecule has 0 unspecified atom stereocenters. The van der Waals surface area contributed by atoms with E-state index in [9.17, 15) is 4.79 Å². The van der Waals surface area contributed by atoms with E-state index in [0.29, 0.717) is 16.9 Å². The Hall–Kier alpha value is -1.50. The van der Waals surface area contributed by atoms with Gasteiger partial charge in [-0.05, 0) is 0 Å². The van der Waals surface area contributed by atoms with E-state index in [1.165, 1.54) is 21.3 Å². The van der Waals surface area contributed by atoms with Gasteiger partial charge in [-0.2, -0.15) is 9.97 Å². The minimum Gasteiger partial charge on any atom is -0.481 e. The normalized spacial score (nSPS) is 9.69. The van der Waals surface area contributed by atoms with Gasteiger partial charge in [0.25, 0.3) is 0 Å². The Labute approximate surface area is 97.3 Å². The van der Waals surface area contributed by atoms with Crippen LogP contribution >= 0.6 is 11.8 Å². The quantitative estimate of drug-likeness (QED) is 0.430. The van der Waals surface area contributed by atoms with Crippen LogP contribution in [0.2, 0.25) is 0 Å². The molecular weight excluding hydrogens is 232 g/mol. The highest BCUT2D eigenvalue weighted by Gasteiger charge is 2.08. The summed E-state index contributed by atoms with van der Waals surface area (Å²) in [6.45, 7) is 0. The number of nitrogens with zero attached hydrogens (tertiary/aromatic N) is 2. The standard InChI is InChI=1S/C9H12N2O4S/c1-13-6-4-7(14-2)11-9(10-6)16-5-8(12)15-3/h4H,5H2,1-3H3. The van der Waals surface area contributed by atoms with E-state index >= 15 is 0 Å². The van der Waals surface area contributed by atoms with E-state index in [4.69, 9.17) is 9.47 Å². The zero-order valence-electron chi connectivity index (χ0n) is 9.22. The van der Waals surface area contributed by atoms with Gasteiger partial charge in [-0.15, -0.1) is 0 Å². The van der Waals surface area contributed by atoms with E-state index in [1.54, 1.807) is 6.07 Å². The van der Waals surface area contributed by atoms with Crippen molar-refractivity contribution in [3.8, 4) is 11.8 Å². The van der Waals surface area contributed by atoms with Crippen LogP contribution in [0.25, 0.3) is 0 Å². The molecule has 1 rings (SSSR count). The Kier molecular flexibility index (Phi) is 4.84. The van der Waals surface area contributed by atoms with Crippen molar-refractivity contribution in [3.05, 3.63) is 6.07 Å². The van der Waals surface area contributed by atoms with Crippen molar-refractivity contribution in [2.75, 3.05) is 27.1 Å². The summed E-state index contributed by atoms with van der Waals surface area (Å²) < 4.78 is 14.4. The Morgan fingerprint density at radius 2 is 1.81 bits per heavy atom. The van der Waals surface area contributed by atoms with Gasteiger partial charge >= 0.3 is 5.97 Å². The highest BCUT2D eigenvalue weighted by Crippen LogP contribution is 2.21. The molecule has 88 valence electrons. The molecule has 1 aromatic rings. The first-order valence-electron chi connectivity index (χ1n) is 4.36. The van der Waals surface area contributed by atoms with Crippen LogP contribution in [0.1, 0.15) is 0 Å². The van der Waals surface area contributed by atoms with Crippen LogP contribution < -0.4 is 9.47 Å². The van der Waals surface area contributed by atoms with Gasteiger partial charge in [-0.3, -0.25) is 4.79 Å². The van der Waals surface area contributed by atoms with E-state index in [1.807, 2.05) is 0 Å². The predicted molar refractivity (Wildman–Crippen MR) is 57.9 cm³/mol. The summed E-state index contributed by atoms with van der Waals surface area (Å²) in [5.74, 6) is 0.584. The number of rotatable bonds is 5. The number of aromatic nitrogens is 2. The minimum atomic E-state index is -0.338. The SMILES string of the molecule is COC(=O)CSc1nc(OC)cc(OC)n1. The fourth-order valence-corrected chi connectivity index (χ4v) is 1.51. The average Bonchev–Trinajstić information content (AvgIpc) is 2.35. The van der Waals surface area contributed by atoms with Gasteiger partial charge in [0.15, 0.2) is 5.16 Å². The molecule has 0 saturated carbocycles. The zero-order valence-corrected chi connectivity index (χ0v) is 10.0. The second-order valence-electron chi connectivity index (χ2n) is 2.60. The third kappa shape index (κ3) is 3.58. The first-order chi connectivity index (χ1) is 7.69. The molecule has 1 heterocycles. The zero-order chi connectivity index (χ0) is 12.0. The van der Waals surface area contributed by atoms with Gasteiger partial charge in [-0.1, -0.05) is 11.8 Å². The summed E-state index contributed by atoms with van der Waals surface area (Å²) in [5.41, 5.74) is 0. The number of carbonyl (C=O) groups excluding carboxylic acids is 1. The van der Waals surface area contributed by atoms with Crippen molar-refractivity contribution in [3.63, 3.8) is 0 Å². The van der Waals surface area contributed by atoms with Gasteiger partial charge in [0.05, 0.1) is 33.1 Å². The van der Waals surface area contributed by atoms with Crippen LogP contribution in [0.3, 0.4) is 0 Å². The summed E-state index contributed by atoms with van der Waals surface area (Å²) in [6.07, 6.45) is 0. The maximum atomic E-state index is 10.9. The van der Waals surface area contributed by atoms with E-state index in [-0.39, 0.29) is 11.7 Å². The maximum absolute atomic E-state index is 10.9. The molecule has 0 spiro atoms. The predicted octanol–water partition coefficient (Wildman–Crippen LogP) is 0.759. The lowest BCUT2D eigenvalue weighted by Crippen LogP contribution is -2.04. The number of esters is 1. The molecular formula is C9H12N2O4S. The van der Waals surface area contributed by atoms with Crippen LogP contribution in [0.4, 0.5) is 0 Å². The van der Waals surface area contributed by atoms with Crippen molar-refractivity contribution in [1.29, 1.82) is 0 Å². The molecule has 0 aliphatic heterocycles. The van der Waals surface area contributed by atoms with Crippen molar-refractivity contribution < 1.29 is 19.0 Å². The van der Waals surface area contributed by atoms with Crippen LogP contribution in [-0.4, -0.2) is 43.0 Å². The molecule has 6 nitrogen and oxygen atoms in total. The molecule has 0 fully saturated rings. The molecule has 0 saturated heterocycles. The summed E-state index contributed by atoms with van der Waals surface area (Å²) >= 11 is 1.16. The monoisotopic (exact) mass is 244 g/mol. The lowest BCUT2D eigenvalue weighted by Gasteiger charge is -2.05. The molecule has 16 heavy (non-hydrogen) atoms. The first kappa shape index (κ1) is 12.6. The van der Waals surface area contributed by atoms with E-state index in [2.05, 4.69) is 14.7 Å². The summed E-state index contributed by atoms with van der Waals surface area (Å²) in [5, 5.41) is 0.404. The Morgan fingerprint density at radius 1 is 1.25 bits per heavy atom. The second kappa shape index (κ2) is 6.16. The Bertz CT molecular complexity index is 350. The van der Waals surface area contributed by atoms with E-state index in [0.717, 1.165) is 11.8 Å². The number of methoxy groups -OCH3 is 3. The van der Waals surface area contributed by atoms with Crippen molar-refractivity contribution in [2.45, 2.75) is 5.16 Å². The average molecular weight is 244 g/mol.